The van der Waals surface area contributed by atoms with E-state index in [1.54, 1.807) is 13.0 Å². The summed E-state index contributed by atoms with van der Waals surface area (Å²) >= 11 is 1.38. The fourth-order valence-electron chi connectivity index (χ4n) is 5.05. The Balaban J connectivity index is 1.64. The lowest BCUT2D eigenvalue weighted by molar-refractivity contribution is -0.151. The standard InChI is InChI=1S/C20H28O6S/c1-4-25-19(24)15(22)10-27-9-14-13-5-6-20(3)8-12(21)7-11(2)16(20)17(13)26-18(14)23/h7,13-17,22H,4-6,8-10H2,1-3H3/t13-,14-,15?,16+,17-,20-/m0/s1. The van der Waals surface area contributed by atoms with Crippen LogP contribution >= 0.6 is 11.8 Å². The molecule has 27 heavy (non-hydrogen) atoms. The summed E-state index contributed by atoms with van der Waals surface area (Å²) in [6.07, 6.45) is 2.63. The van der Waals surface area contributed by atoms with Crippen LogP contribution in [-0.2, 0) is 23.9 Å². The molecule has 1 saturated heterocycles. The molecular weight excluding hydrogens is 368 g/mol. The molecule has 1 saturated carbocycles. The number of ketones is 1. The molecule has 0 amide bonds. The number of rotatable bonds is 6. The van der Waals surface area contributed by atoms with Gasteiger partial charge >= 0.3 is 11.9 Å². The number of esters is 2. The lowest BCUT2D eigenvalue weighted by atomic mass is 9.56. The summed E-state index contributed by atoms with van der Waals surface area (Å²) in [6, 6.07) is 0. The van der Waals surface area contributed by atoms with Gasteiger partial charge in [-0.15, -0.1) is 0 Å². The molecule has 0 aromatic carbocycles. The van der Waals surface area contributed by atoms with Crippen LogP contribution in [0, 0.1) is 23.2 Å². The summed E-state index contributed by atoms with van der Waals surface area (Å²) in [5, 5.41) is 9.82. The van der Waals surface area contributed by atoms with Crippen molar-refractivity contribution in [3.05, 3.63) is 11.6 Å². The van der Waals surface area contributed by atoms with Crippen LogP contribution in [0.3, 0.4) is 0 Å². The number of aliphatic hydroxyl groups excluding tert-OH is 1. The summed E-state index contributed by atoms with van der Waals surface area (Å²) in [5.41, 5.74) is 0.877. The van der Waals surface area contributed by atoms with Crippen molar-refractivity contribution >= 4 is 29.5 Å². The number of carbonyl (C=O) groups excluding carboxylic acids is 3. The van der Waals surface area contributed by atoms with Crippen LogP contribution < -0.4 is 0 Å². The minimum atomic E-state index is -1.17. The first kappa shape index (κ1) is 20.4. The molecular formula is C20H28O6S. The fraction of sp³-hybridized carbons (Fsp3) is 0.750. The van der Waals surface area contributed by atoms with Crippen LogP contribution in [0.15, 0.2) is 11.6 Å². The summed E-state index contributed by atoms with van der Waals surface area (Å²) < 4.78 is 10.6. The van der Waals surface area contributed by atoms with Gasteiger partial charge in [-0.05, 0) is 38.2 Å². The topological polar surface area (TPSA) is 89.9 Å². The quantitative estimate of drug-likeness (QED) is 0.688. The average Bonchev–Trinajstić information content (AvgIpc) is 2.89. The van der Waals surface area contributed by atoms with Crippen LogP contribution in [0.4, 0.5) is 0 Å². The molecule has 1 heterocycles. The predicted molar refractivity (Wildman–Crippen MR) is 101 cm³/mol. The van der Waals surface area contributed by atoms with E-state index in [0.29, 0.717) is 12.2 Å². The summed E-state index contributed by atoms with van der Waals surface area (Å²) in [5.74, 6) is 0.0433. The third-order valence-electron chi connectivity index (χ3n) is 6.21. The maximum Gasteiger partial charge on any atom is 0.335 e. The maximum absolute atomic E-state index is 12.5. The summed E-state index contributed by atoms with van der Waals surface area (Å²) in [6.45, 7) is 6.02. The van der Waals surface area contributed by atoms with Gasteiger partial charge in [0.25, 0.3) is 0 Å². The first-order valence-corrected chi connectivity index (χ1v) is 10.8. The largest absolute Gasteiger partial charge is 0.464 e. The fourth-order valence-corrected chi connectivity index (χ4v) is 6.18. The number of allylic oxidation sites excluding steroid dienone is 1. The Morgan fingerprint density at radius 3 is 2.93 bits per heavy atom. The zero-order valence-electron chi connectivity index (χ0n) is 16.1. The number of aliphatic hydroxyl groups is 1. The Bertz CT molecular complexity index is 659. The lowest BCUT2D eigenvalue weighted by Crippen LogP contribution is -2.48. The van der Waals surface area contributed by atoms with Gasteiger partial charge in [0, 0.05) is 29.8 Å². The number of thioether (sulfide) groups is 1. The number of fused-ring (bicyclic) bond motifs is 3. The second-order valence-electron chi connectivity index (χ2n) is 8.18. The molecule has 3 aliphatic rings. The van der Waals surface area contributed by atoms with E-state index >= 15 is 0 Å². The molecule has 6 nitrogen and oxygen atoms in total. The third kappa shape index (κ3) is 3.94. The van der Waals surface area contributed by atoms with Gasteiger partial charge in [-0.2, -0.15) is 11.8 Å². The van der Waals surface area contributed by atoms with Crippen molar-refractivity contribution in [1.29, 1.82) is 0 Å². The molecule has 150 valence electrons. The Labute approximate surface area is 164 Å². The van der Waals surface area contributed by atoms with Gasteiger partial charge in [-0.25, -0.2) is 4.79 Å². The minimum absolute atomic E-state index is 0.0954. The molecule has 0 bridgehead atoms. The summed E-state index contributed by atoms with van der Waals surface area (Å²) in [7, 11) is 0. The minimum Gasteiger partial charge on any atom is -0.464 e. The van der Waals surface area contributed by atoms with Gasteiger partial charge in [0.2, 0.25) is 0 Å². The van der Waals surface area contributed by atoms with Crippen LogP contribution in [-0.4, -0.2) is 53.1 Å². The van der Waals surface area contributed by atoms with E-state index in [0.717, 1.165) is 18.4 Å². The van der Waals surface area contributed by atoms with Gasteiger partial charge in [-0.1, -0.05) is 12.5 Å². The highest BCUT2D eigenvalue weighted by Crippen LogP contribution is 2.56. The van der Waals surface area contributed by atoms with Crippen LogP contribution in [0.1, 0.15) is 40.0 Å². The predicted octanol–water partition coefficient (Wildman–Crippen LogP) is 2.14. The third-order valence-corrected chi connectivity index (χ3v) is 7.36. The van der Waals surface area contributed by atoms with Gasteiger partial charge < -0.3 is 14.6 Å². The molecule has 1 unspecified atom stereocenters. The van der Waals surface area contributed by atoms with Crippen molar-refractivity contribution < 1.29 is 29.0 Å². The zero-order chi connectivity index (χ0) is 19.8. The molecule has 0 spiro atoms. The molecule has 0 aromatic heterocycles. The molecule has 1 N–H and O–H groups in total. The highest BCUT2D eigenvalue weighted by Gasteiger charge is 2.57. The number of hydrogen-bond acceptors (Lipinski definition) is 7. The van der Waals surface area contributed by atoms with E-state index < -0.39 is 12.1 Å². The highest BCUT2D eigenvalue weighted by molar-refractivity contribution is 7.99. The van der Waals surface area contributed by atoms with Crippen molar-refractivity contribution in [2.45, 2.75) is 52.2 Å². The second kappa shape index (κ2) is 7.95. The van der Waals surface area contributed by atoms with Gasteiger partial charge in [0.1, 0.15) is 6.10 Å². The van der Waals surface area contributed by atoms with Gasteiger partial charge in [0.15, 0.2) is 11.9 Å². The Morgan fingerprint density at radius 1 is 1.48 bits per heavy atom. The van der Waals surface area contributed by atoms with E-state index in [-0.39, 0.29) is 53.4 Å². The van der Waals surface area contributed by atoms with Crippen LogP contribution in [0.2, 0.25) is 0 Å². The first-order valence-electron chi connectivity index (χ1n) is 9.61. The van der Waals surface area contributed by atoms with Crippen molar-refractivity contribution in [1.82, 2.24) is 0 Å². The monoisotopic (exact) mass is 396 g/mol. The van der Waals surface area contributed by atoms with Crippen molar-refractivity contribution in [3.63, 3.8) is 0 Å². The molecule has 2 aliphatic carbocycles. The lowest BCUT2D eigenvalue weighted by Gasteiger charge is -2.49. The smallest absolute Gasteiger partial charge is 0.335 e. The molecule has 0 radical (unpaired) electrons. The molecule has 1 aliphatic heterocycles. The molecule has 0 aromatic rings. The van der Waals surface area contributed by atoms with Crippen molar-refractivity contribution in [2.24, 2.45) is 23.2 Å². The number of hydrogen-bond donors (Lipinski definition) is 1. The van der Waals surface area contributed by atoms with E-state index in [1.807, 2.05) is 6.92 Å². The van der Waals surface area contributed by atoms with E-state index in [4.69, 9.17) is 9.47 Å². The SMILES string of the molecule is CCOC(=O)C(O)CSC[C@@H]1C(=O)O[C@H]2[C@H]1CC[C@@]1(C)CC(=O)C=C(C)[C@H]21. The normalized spacial score (nSPS) is 36.4. The number of carbonyl (C=O) groups is 3. The van der Waals surface area contributed by atoms with Gasteiger partial charge in [-0.3, -0.25) is 9.59 Å². The Hall–Kier alpha value is -1.34. The zero-order valence-corrected chi connectivity index (χ0v) is 16.9. The molecule has 2 fully saturated rings. The molecule has 6 atom stereocenters. The van der Waals surface area contributed by atoms with E-state index in [1.165, 1.54) is 11.8 Å². The van der Waals surface area contributed by atoms with Gasteiger partial charge in [0.05, 0.1) is 12.5 Å². The maximum atomic E-state index is 12.5. The number of ether oxygens (including phenoxy) is 2. The summed E-state index contributed by atoms with van der Waals surface area (Å²) in [4.78, 5) is 36.0. The van der Waals surface area contributed by atoms with E-state index in [9.17, 15) is 19.5 Å². The second-order valence-corrected chi connectivity index (χ2v) is 9.25. The molecule has 7 heteroatoms. The molecule has 3 rings (SSSR count). The Kier molecular flexibility index (Phi) is 6.01. The van der Waals surface area contributed by atoms with Crippen LogP contribution in [0.25, 0.3) is 0 Å². The first-order chi connectivity index (χ1) is 12.8. The highest BCUT2D eigenvalue weighted by atomic mass is 32.2. The Morgan fingerprint density at radius 2 is 2.22 bits per heavy atom. The van der Waals surface area contributed by atoms with Crippen molar-refractivity contribution in [3.8, 4) is 0 Å². The van der Waals surface area contributed by atoms with E-state index in [2.05, 4.69) is 6.92 Å². The average molecular weight is 397 g/mol. The van der Waals surface area contributed by atoms with Crippen LogP contribution in [0.5, 0.6) is 0 Å². The van der Waals surface area contributed by atoms with Crippen molar-refractivity contribution in [2.75, 3.05) is 18.1 Å².